The van der Waals surface area contributed by atoms with E-state index >= 15 is 0 Å². The van der Waals surface area contributed by atoms with Gasteiger partial charge >= 0.3 is 0 Å². The molecule has 0 spiro atoms. The Hall–Kier alpha value is -2.35. The van der Waals surface area contributed by atoms with Gasteiger partial charge < -0.3 is 25.4 Å². The van der Waals surface area contributed by atoms with Crippen LogP contribution in [0.2, 0.25) is 0 Å². The Morgan fingerprint density at radius 3 is 2.78 bits per heavy atom. The molecule has 4 rings (SSSR count). The number of carbonyl (C=O) groups excluding carboxylic acids is 2. The summed E-state index contributed by atoms with van der Waals surface area (Å²) in [5.74, 6) is -0.219. The van der Waals surface area contributed by atoms with Gasteiger partial charge in [-0.3, -0.25) is 9.59 Å². The molecule has 2 aliphatic heterocycles. The monoisotopic (exact) mass is 457 g/mol. The zero-order valence-corrected chi connectivity index (χ0v) is 19.8. The van der Waals surface area contributed by atoms with Crippen molar-refractivity contribution in [3.05, 3.63) is 51.5 Å². The fraction of sp³-hybridized carbons (Fsp3) is 0.500. The third kappa shape index (κ3) is 4.85. The summed E-state index contributed by atoms with van der Waals surface area (Å²) in [7, 11) is 2.15. The maximum Gasteiger partial charge on any atom is 0.256 e. The van der Waals surface area contributed by atoms with Gasteiger partial charge in [-0.25, -0.2) is 0 Å². The lowest BCUT2D eigenvalue weighted by Gasteiger charge is -2.32. The van der Waals surface area contributed by atoms with Gasteiger partial charge in [-0.2, -0.15) is 0 Å². The van der Waals surface area contributed by atoms with Crippen LogP contribution in [0.15, 0.2) is 29.0 Å². The van der Waals surface area contributed by atoms with Crippen molar-refractivity contribution in [2.75, 3.05) is 46.3 Å². The van der Waals surface area contributed by atoms with E-state index in [-0.39, 0.29) is 17.2 Å². The molecule has 0 saturated carbocycles. The molecule has 2 saturated heterocycles. The summed E-state index contributed by atoms with van der Waals surface area (Å²) in [4.78, 5) is 33.5. The Labute approximate surface area is 194 Å². The van der Waals surface area contributed by atoms with Crippen LogP contribution in [0.25, 0.3) is 6.08 Å². The van der Waals surface area contributed by atoms with Crippen LogP contribution in [-0.4, -0.2) is 78.3 Å². The number of halogens is 1. The average molecular weight is 458 g/mol. The van der Waals surface area contributed by atoms with E-state index < -0.39 is 0 Å². The smallest absolute Gasteiger partial charge is 0.256 e. The van der Waals surface area contributed by atoms with E-state index in [0.29, 0.717) is 24.1 Å². The minimum atomic E-state index is -0.144. The molecule has 1 aromatic rings. The molecule has 3 heterocycles. The lowest BCUT2D eigenvalue weighted by Crippen LogP contribution is -2.45. The maximum atomic E-state index is 12.9. The Kier molecular flexibility index (Phi) is 6.88. The first-order valence-corrected chi connectivity index (χ1v) is 11.7. The Morgan fingerprint density at radius 2 is 2.03 bits per heavy atom. The summed E-state index contributed by atoms with van der Waals surface area (Å²) in [5.41, 5.74) is 5.29. The van der Waals surface area contributed by atoms with E-state index in [1.807, 2.05) is 32.1 Å². The van der Waals surface area contributed by atoms with Crippen molar-refractivity contribution in [2.45, 2.75) is 32.1 Å². The minimum Gasteiger partial charge on any atom is -0.358 e. The van der Waals surface area contributed by atoms with Gasteiger partial charge in [0.15, 0.2) is 0 Å². The summed E-state index contributed by atoms with van der Waals surface area (Å²) in [5, 5.41) is 5.84. The Bertz CT molecular complexity index is 998. The Balaban J connectivity index is 1.40. The van der Waals surface area contributed by atoms with Gasteiger partial charge in [0, 0.05) is 55.4 Å². The largest absolute Gasteiger partial charge is 0.358 e. The van der Waals surface area contributed by atoms with Crippen LogP contribution in [0.5, 0.6) is 0 Å². The lowest BCUT2D eigenvalue weighted by molar-refractivity contribution is -0.115. The molecule has 1 atom stereocenters. The predicted octanol–water partition coefficient (Wildman–Crippen LogP) is 2.33. The molecule has 0 bridgehead atoms. The van der Waals surface area contributed by atoms with Crippen LogP contribution in [0, 0.1) is 13.8 Å². The highest BCUT2D eigenvalue weighted by Crippen LogP contribution is 2.33. The zero-order valence-electron chi connectivity index (χ0n) is 19.1. The van der Waals surface area contributed by atoms with Gasteiger partial charge in [0.25, 0.3) is 11.8 Å². The van der Waals surface area contributed by atoms with Crippen molar-refractivity contribution >= 4 is 29.5 Å². The number of piperazine rings is 1. The topological polar surface area (TPSA) is 80.5 Å². The van der Waals surface area contributed by atoms with Gasteiger partial charge in [-0.1, -0.05) is 12.2 Å². The summed E-state index contributed by atoms with van der Waals surface area (Å²) in [6.07, 6.45) is 7.33. The van der Waals surface area contributed by atoms with Gasteiger partial charge in [-0.05, 0) is 51.9 Å². The minimum absolute atomic E-state index is 0.0755. The molecular formula is C24H32ClN5O2. The zero-order chi connectivity index (χ0) is 22.8. The molecule has 3 N–H and O–H groups in total. The van der Waals surface area contributed by atoms with Crippen molar-refractivity contribution in [3.8, 4) is 0 Å². The number of nitrogens with zero attached hydrogens (tertiary/aromatic N) is 2. The number of amides is 2. The molecule has 1 unspecified atom stereocenters. The van der Waals surface area contributed by atoms with E-state index in [2.05, 4.69) is 32.5 Å². The summed E-state index contributed by atoms with van der Waals surface area (Å²) in [6.45, 7) is 9.83. The third-order valence-corrected chi connectivity index (χ3v) is 6.80. The molecule has 1 aromatic heterocycles. The number of alkyl halides is 1. The number of hydrogen-bond donors (Lipinski definition) is 3. The highest BCUT2D eigenvalue weighted by Gasteiger charge is 2.30. The van der Waals surface area contributed by atoms with Crippen molar-refractivity contribution in [2.24, 2.45) is 0 Å². The molecule has 7 nitrogen and oxygen atoms in total. The number of allylic oxidation sites excluding steroid dienone is 3. The van der Waals surface area contributed by atoms with Crippen LogP contribution < -0.4 is 10.6 Å². The predicted molar refractivity (Wildman–Crippen MR) is 128 cm³/mol. The number of H-pyrrole nitrogens is 1. The number of likely N-dealkylation sites (N-methyl/N-ethyl adjacent to an activating group) is 1. The molecule has 1 aliphatic carbocycles. The SMILES string of the molecule is Cc1[nH]c(C=C2C(=O)NC3=CCC(Cl)C=C32)c(C)c1C(=O)NCCCN1CCN(C)CC1. The number of aromatic nitrogens is 1. The van der Waals surface area contributed by atoms with Gasteiger partial charge in [0.2, 0.25) is 0 Å². The lowest BCUT2D eigenvalue weighted by atomic mass is 9.98. The number of aryl methyl sites for hydroxylation is 1. The number of carbonyl (C=O) groups is 2. The van der Waals surface area contributed by atoms with E-state index in [4.69, 9.17) is 11.6 Å². The quantitative estimate of drug-likeness (QED) is 0.348. The molecular weight excluding hydrogens is 426 g/mol. The molecule has 172 valence electrons. The first-order valence-electron chi connectivity index (χ1n) is 11.3. The first kappa shape index (κ1) is 22.8. The highest BCUT2D eigenvalue weighted by molar-refractivity contribution is 6.22. The Morgan fingerprint density at radius 1 is 1.28 bits per heavy atom. The molecule has 0 radical (unpaired) electrons. The van der Waals surface area contributed by atoms with Gasteiger partial charge in [0.1, 0.15) is 0 Å². The van der Waals surface area contributed by atoms with Crippen LogP contribution in [0.1, 0.15) is 40.2 Å². The standard InChI is InChI=1S/C24H32ClN5O2/c1-15-21(14-19-18-13-17(25)5-6-20(18)28-23(19)31)27-16(2)22(15)24(32)26-7-4-8-30-11-9-29(3)10-12-30/h6,13-14,17,27H,4-5,7-12H2,1-3H3,(H,26,32)(H,28,31). The summed E-state index contributed by atoms with van der Waals surface area (Å²) < 4.78 is 0. The third-order valence-electron chi connectivity index (χ3n) is 6.49. The summed E-state index contributed by atoms with van der Waals surface area (Å²) in [6, 6.07) is 0. The average Bonchev–Trinajstić information content (AvgIpc) is 3.21. The van der Waals surface area contributed by atoms with E-state index in [9.17, 15) is 9.59 Å². The van der Waals surface area contributed by atoms with Crippen molar-refractivity contribution in [3.63, 3.8) is 0 Å². The number of hydrogen-bond acceptors (Lipinski definition) is 4. The fourth-order valence-corrected chi connectivity index (χ4v) is 4.77. The van der Waals surface area contributed by atoms with Crippen LogP contribution >= 0.6 is 11.6 Å². The highest BCUT2D eigenvalue weighted by atomic mass is 35.5. The van der Waals surface area contributed by atoms with Gasteiger partial charge in [-0.15, -0.1) is 11.6 Å². The number of aromatic amines is 1. The second-order valence-electron chi connectivity index (χ2n) is 8.88. The van der Waals surface area contributed by atoms with Crippen molar-refractivity contribution < 1.29 is 9.59 Å². The summed E-state index contributed by atoms with van der Waals surface area (Å²) >= 11 is 6.26. The molecule has 32 heavy (non-hydrogen) atoms. The van der Waals surface area contributed by atoms with E-state index in [1.165, 1.54) is 0 Å². The van der Waals surface area contributed by atoms with E-state index in [0.717, 1.165) is 67.4 Å². The van der Waals surface area contributed by atoms with Crippen molar-refractivity contribution in [1.29, 1.82) is 0 Å². The first-order chi connectivity index (χ1) is 15.3. The molecule has 3 aliphatic rings. The van der Waals surface area contributed by atoms with Crippen LogP contribution in [-0.2, 0) is 4.79 Å². The number of rotatable bonds is 6. The van der Waals surface area contributed by atoms with Crippen LogP contribution in [0.3, 0.4) is 0 Å². The molecule has 0 aromatic carbocycles. The molecule has 2 amide bonds. The van der Waals surface area contributed by atoms with Crippen molar-refractivity contribution in [1.82, 2.24) is 25.4 Å². The fourth-order valence-electron chi connectivity index (χ4n) is 4.56. The van der Waals surface area contributed by atoms with E-state index in [1.54, 1.807) is 0 Å². The number of nitrogens with one attached hydrogen (secondary N) is 3. The van der Waals surface area contributed by atoms with Crippen LogP contribution in [0.4, 0.5) is 0 Å². The second kappa shape index (κ2) is 9.65. The normalized spacial score (nSPS) is 23.1. The van der Waals surface area contributed by atoms with Gasteiger partial charge in [0.05, 0.1) is 16.5 Å². The number of fused-ring (bicyclic) bond motifs is 1. The molecule has 2 fully saturated rings. The molecule has 8 heteroatoms. The second-order valence-corrected chi connectivity index (χ2v) is 9.44. The maximum absolute atomic E-state index is 12.9.